The maximum absolute atomic E-state index is 4.78. The molecule has 1 aliphatic rings. The van der Waals surface area contributed by atoms with Crippen molar-refractivity contribution >= 4 is 23.6 Å². The second-order valence-corrected chi connectivity index (χ2v) is 6.81. The van der Waals surface area contributed by atoms with Gasteiger partial charge in [-0.2, -0.15) is 0 Å². The number of benzene rings is 2. The summed E-state index contributed by atoms with van der Waals surface area (Å²) in [5.41, 5.74) is 6.29. The summed E-state index contributed by atoms with van der Waals surface area (Å²) in [5.74, 6) is 0. The van der Waals surface area contributed by atoms with Gasteiger partial charge in [0.05, 0.1) is 5.70 Å². The van der Waals surface area contributed by atoms with Crippen molar-refractivity contribution in [3.8, 4) is 0 Å². The molecule has 0 aromatic heterocycles. The van der Waals surface area contributed by atoms with Gasteiger partial charge in [0, 0.05) is 22.3 Å². The average Bonchev–Trinajstić information content (AvgIpc) is 2.58. The normalized spacial score (nSPS) is 19.1. The number of hydrogen-bond acceptors (Lipinski definition) is 1. The molecule has 120 valence electrons. The lowest BCUT2D eigenvalue weighted by molar-refractivity contribution is 0.632. The molecule has 24 heavy (non-hydrogen) atoms. The number of aliphatic imine (C=N–C) groups is 1. The fourth-order valence-corrected chi connectivity index (χ4v) is 2.86. The van der Waals surface area contributed by atoms with Crippen molar-refractivity contribution in [2.24, 2.45) is 10.4 Å². The van der Waals surface area contributed by atoms with Crippen LogP contribution in [0, 0.1) is 5.41 Å². The van der Waals surface area contributed by atoms with E-state index in [0.717, 1.165) is 28.1 Å². The maximum Gasteiger partial charge on any atom is 0.0639 e. The Hall–Kier alpha value is -2.67. The van der Waals surface area contributed by atoms with Crippen LogP contribution in [0.15, 0.2) is 72.3 Å². The van der Waals surface area contributed by atoms with Crippen molar-refractivity contribution in [2.45, 2.75) is 20.8 Å². The molecule has 3 rings (SSSR count). The highest BCUT2D eigenvalue weighted by Gasteiger charge is 2.12. The van der Waals surface area contributed by atoms with Gasteiger partial charge in [-0.25, -0.2) is 0 Å². The van der Waals surface area contributed by atoms with Gasteiger partial charge in [0.2, 0.25) is 0 Å². The van der Waals surface area contributed by atoms with Crippen molar-refractivity contribution < 1.29 is 0 Å². The van der Waals surface area contributed by atoms with E-state index in [0.29, 0.717) is 0 Å². The average molecular weight is 313 g/mol. The van der Waals surface area contributed by atoms with Crippen LogP contribution < -0.4 is 0 Å². The number of allylic oxidation sites excluding steroid dienone is 2. The minimum absolute atomic E-state index is 0.0359. The van der Waals surface area contributed by atoms with Crippen molar-refractivity contribution in [1.82, 2.24) is 0 Å². The summed E-state index contributed by atoms with van der Waals surface area (Å²) in [6.45, 7) is 10.7. The third kappa shape index (κ3) is 3.46. The van der Waals surface area contributed by atoms with Crippen molar-refractivity contribution in [1.29, 1.82) is 0 Å². The Morgan fingerprint density at radius 2 is 1.29 bits per heavy atom. The second kappa shape index (κ2) is 6.45. The van der Waals surface area contributed by atoms with Crippen LogP contribution in [0.25, 0.3) is 17.8 Å². The van der Waals surface area contributed by atoms with E-state index in [9.17, 15) is 0 Å². The highest BCUT2D eigenvalue weighted by atomic mass is 14.8. The summed E-state index contributed by atoms with van der Waals surface area (Å²) in [5, 5.41) is 0. The molecule has 0 bridgehead atoms. The second-order valence-electron chi connectivity index (χ2n) is 6.81. The molecule has 2 aromatic rings. The van der Waals surface area contributed by atoms with E-state index in [1.54, 1.807) is 0 Å². The van der Waals surface area contributed by atoms with E-state index in [1.807, 2.05) is 13.0 Å². The molecule has 0 atom stereocenters. The summed E-state index contributed by atoms with van der Waals surface area (Å²) in [6, 6.07) is 16.7. The first-order chi connectivity index (χ1) is 11.5. The Balaban J connectivity index is 2.23. The van der Waals surface area contributed by atoms with Gasteiger partial charge in [-0.1, -0.05) is 93.3 Å². The van der Waals surface area contributed by atoms with Gasteiger partial charge in [-0.05, 0) is 18.1 Å². The fraction of sp³-hybridized carbons (Fsp3) is 0.174. The largest absolute Gasteiger partial charge is 0.253 e. The summed E-state index contributed by atoms with van der Waals surface area (Å²) < 4.78 is 0. The Labute approximate surface area is 144 Å². The van der Waals surface area contributed by atoms with Crippen molar-refractivity contribution in [3.63, 3.8) is 0 Å². The van der Waals surface area contributed by atoms with E-state index in [-0.39, 0.29) is 5.41 Å². The van der Waals surface area contributed by atoms with Crippen LogP contribution in [-0.2, 0) is 0 Å². The van der Waals surface area contributed by atoms with Crippen LogP contribution in [0.2, 0.25) is 0 Å². The van der Waals surface area contributed by atoms with Gasteiger partial charge in [0.15, 0.2) is 0 Å². The molecule has 0 saturated carbocycles. The predicted molar refractivity (Wildman–Crippen MR) is 106 cm³/mol. The quantitative estimate of drug-likeness (QED) is 0.546. The number of fused-ring (bicyclic) bond motifs is 2. The van der Waals surface area contributed by atoms with E-state index < -0.39 is 0 Å². The maximum atomic E-state index is 4.78. The van der Waals surface area contributed by atoms with Crippen LogP contribution in [0.4, 0.5) is 0 Å². The van der Waals surface area contributed by atoms with Gasteiger partial charge >= 0.3 is 0 Å². The SMILES string of the molecule is C=C1N=C(C)c2ccccc2/C=C\C(C)(C)/C=C\c2ccccc21. The molecule has 2 aromatic carbocycles. The lowest BCUT2D eigenvalue weighted by Crippen LogP contribution is -2.04. The highest BCUT2D eigenvalue weighted by Crippen LogP contribution is 2.27. The smallest absolute Gasteiger partial charge is 0.0639 e. The molecule has 0 amide bonds. The highest BCUT2D eigenvalue weighted by molar-refractivity contribution is 6.04. The molecule has 0 fully saturated rings. The third-order valence-electron chi connectivity index (χ3n) is 4.31. The van der Waals surface area contributed by atoms with Gasteiger partial charge in [-0.15, -0.1) is 0 Å². The molecular weight excluding hydrogens is 290 g/mol. The summed E-state index contributed by atoms with van der Waals surface area (Å²) in [7, 11) is 0. The first kappa shape index (κ1) is 16.2. The van der Waals surface area contributed by atoms with E-state index >= 15 is 0 Å². The minimum atomic E-state index is -0.0359. The monoisotopic (exact) mass is 313 g/mol. The number of hydrogen-bond donors (Lipinski definition) is 0. The first-order valence-electron chi connectivity index (χ1n) is 8.28. The molecule has 1 nitrogen and oxygen atoms in total. The minimum Gasteiger partial charge on any atom is -0.253 e. The van der Waals surface area contributed by atoms with Crippen LogP contribution >= 0.6 is 0 Å². The number of rotatable bonds is 0. The van der Waals surface area contributed by atoms with Crippen molar-refractivity contribution in [2.75, 3.05) is 0 Å². The summed E-state index contributed by atoms with van der Waals surface area (Å²) in [4.78, 5) is 4.78. The van der Waals surface area contributed by atoms with E-state index in [2.05, 4.69) is 87.2 Å². The molecule has 0 unspecified atom stereocenters. The fourth-order valence-electron chi connectivity index (χ4n) is 2.86. The van der Waals surface area contributed by atoms with Crippen LogP contribution in [-0.4, -0.2) is 5.71 Å². The summed E-state index contributed by atoms with van der Waals surface area (Å²) >= 11 is 0. The molecular formula is C23H23N. The van der Waals surface area contributed by atoms with Gasteiger partial charge in [-0.3, -0.25) is 4.99 Å². The van der Waals surface area contributed by atoms with Crippen LogP contribution in [0.5, 0.6) is 0 Å². The Kier molecular flexibility index (Phi) is 4.35. The molecule has 0 radical (unpaired) electrons. The zero-order chi connectivity index (χ0) is 17.2. The lowest BCUT2D eigenvalue weighted by Gasteiger charge is -2.17. The van der Waals surface area contributed by atoms with E-state index in [4.69, 9.17) is 4.99 Å². The van der Waals surface area contributed by atoms with E-state index in [1.165, 1.54) is 5.56 Å². The van der Waals surface area contributed by atoms with Crippen molar-refractivity contribution in [3.05, 3.63) is 89.5 Å². The molecule has 0 aliphatic carbocycles. The van der Waals surface area contributed by atoms with Gasteiger partial charge < -0.3 is 0 Å². The first-order valence-corrected chi connectivity index (χ1v) is 8.28. The molecule has 1 heteroatoms. The zero-order valence-corrected chi connectivity index (χ0v) is 14.6. The Morgan fingerprint density at radius 1 is 0.792 bits per heavy atom. The molecule has 0 spiro atoms. The predicted octanol–water partition coefficient (Wildman–Crippen LogP) is 6.23. The number of nitrogens with zero attached hydrogens (tertiary/aromatic N) is 1. The van der Waals surface area contributed by atoms with Gasteiger partial charge in [0.1, 0.15) is 0 Å². The third-order valence-corrected chi connectivity index (χ3v) is 4.31. The summed E-state index contributed by atoms with van der Waals surface area (Å²) in [6.07, 6.45) is 8.84. The van der Waals surface area contributed by atoms with Crippen LogP contribution in [0.3, 0.4) is 0 Å². The van der Waals surface area contributed by atoms with Crippen LogP contribution in [0.1, 0.15) is 43.0 Å². The molecule has 0 saturated heterocycles. The standard InChI is InChI=1S/C23H23N/c1-17-21-11-7-5-9-19(21)13-15-23(3,4)16-14-20-10-6-8-12-22(20)18(2)24-17/h5-16H,1H2,2-4H3/b15-13-,16-14-,24-18?. The Morgan fingerprint density at radius 3 is 1.92 bits per heavy atom. The molecule has 1 heterocycles. The zero-order valence-electron chi connectivity index (χ0n) is 14.6. The Bertz CT molecular complexity index is 863. The lowest BCUT2D eigenvalue weighted by atomic mass is 9.89. The topological polar surface area (TPSA) is 12.4 Å². The molecule has 0 N–H and O–H groups in total. The molecule has 1 aliphatic heterocycles. The van der Waals surface area contributed by atoms with Gasteiger partial charge in [0.25, 0.3) is 0 Å².